The Kier molecular flexibility index (Phi) is 32.5. The first-order valence-corrected chi connectivity index (χ1v) is 50.1. The molecule has 5 unspecified atom stereocenters. The summed E-state index contributed by atoms with van der Waals surface area (Å²) in [5.41, 5.74) is 15.7. The number of amides is 4. The van der Waals surface area contributed by atoms with Crippen LogP contribution in [0.2, 0.25) is 40.2 Å². The molecule has 4 aliphatic heterocycles. The smallest absolute Gasteiger partial charge is 0.253 e. The third kappa shape index (κ3) is 23.6. The molecule has 8 aromatic carbocycles. The number of carbonyl (C=O) groups is 4. The molecule has 738 valence electrons. The van der Waals surface area contributed by atoms with Crippen LogP contribution in [-0.2, 0) is 0 Å². The molecule has 5 atom stereocenters. The quantitative estimate of drug-likeness (QED) is 0.0421. The van der Waals surface area contributed by atoms with Gasteiger partial charge in [-0.25, -0.2) is 0 Å². The number of H-pyrrole nitrogens is 4. The summed E-state index contributed by atoms with van der Waals surface area (Å²) in [5.74, 6) is 2.78. The van der Waals surface area contributed by atoms with Gasteiger partial charge in [-0.2, -0.15) is 20.4 Å². The van der Waals surface area contributed by atoms with E-state index < -0.39 is 6.10 Å². The van der Waals surface area contributed by atoms with Crippen molar-refractivity contribution in [3.63, 3.8) is 0 Å². The second kappa shape index (κ2) is 45.6. The predicted molar refractivity (Wildman–Crippen MR) is 564 cm³/mol. The van der Waals surface area contributed by atoms with E-state index in [1.54, 1.807) is 66.6 Å². The zero-order valence-electron chi connectivity index (χ0n) is 79.9. The van der Waals surface area contributed by atoms with Crippen LogP contribution >= 0.6 is 92.8 Å². The van der Waals surface area contributed by atoms with Crippen LogP contribution in [0.15, 0.2) is 219 Å². The standard InChI is InChI=1S/2C28H29Cl2N5O2.C26H25Cl2N5O2.C25H22Cl2N4O3/c1-17(26-23(29)15-31-16-24(26)30)37-21-8-9-25-22(14-21)27(33-32-25)18-4-6-19(7-5-18)28(36)35-12-10-20(11-13-35)34(2)3;1-17(2)34-10-12-35(13-11-34)28(36)20-6-4-19(5-7-20)27-22-14-21(8-9-25(22)32-33-27)37-18(3)26-23(29)15-31-16-24(26)30;1-16(24-21(27)14-29-15-22(24)28)35-19-7-8-23-20(13-19)25(31-30-23)17-3-5-18(6-4-17)26(34)33-11-9-32(2)10-12-33;1-14(23-20(26)11-28-12-21(23)27)34-18-6-7-22-19(10-18)24(30-29-22)15-2-4-16(5-3-15)25(33)31-9-8-17(32)13-31/h4-9,14-17,20H,10-13H2,1-3H3,(H,32,33);4-9,14-18H,10-13H2,1-3H3,(H,32,33);3-8,13-16H,9-12H2,1-2H3,(H,30,31);2-7,10-12,14,17,32H,8-9,13H2,1H3,(H,29,30). The summed E-state index contributed by atoms with van der Waals surface area (Å²) < 4.78 is 24.7. The number of carbonyl (C=O) groups excluding carboxylic acids is 4. The normalized spacial score (nSPS) is 15.7. The molecular weight excluding hydrogens is 1980 g/mol. The number of rotatable bonds is 22. The van der Waals surface area contributed by atoms with Crippen LogP contribution in [0, 0.1) is 0 Å². The van der Waals surface area contributed by atoms with Gasteiger partial charge in [-0.15, -0.1) is 0 Å². The summed E-state index contributed by atoms with van der Waals surface area (Å²) >= 11 is 50.4. The number of halogens is 8. The molecule has 4 fully saturated rings. The highest BCUT2D eigenvalue weighted by atomic mass is 35.5. The Hall–Kier alpha value is -12.5. The lowest BCUT2D eigenvalue weighted by atomic mass is 10.0. The van der Waals surface area contributed by atoms with Crippen molar-refractivity contribution in [3.05, 3.63) is 304 Å². The number of likely N-dealkylation sites (tertiary alicyclic amines) is 2. The van der Waals surface area contributed by atoms with E-state index in [1.165, 1.54) is 0 Å². The van der Waals surface area contributed by atoms with Crippen molar-refractivity contribution >= 4 is 160 Å². The van der Waals surface area contributed by atoms with Crippen molar-refractivity contribution in [2.45, 2.75) is 103 Å². The number of aliphatic hydroxyl groups is 1. The highest BCUT2D eigenvalue weighted by Gasteiger charge is 2.32. The van der Waals surface area contributed by atoms with E-state index in [2.05, 4.69) is 110 Å². The number of likely N-dealkylation sites (N-methyl/N-ethyl adjacent to an activating group) is 1. The lowest BCUT2D eigenvalue weighted by Crippen LogP contribution is -2.50. The van der Waals surface area contributed by atoms with Crippen LogP contribution in [-0.4, -0.2) is 242 Å². The molecule has 4 amide bonds. The minimum atomic E-state index is -0.441. The first kappa shape index (κ1) is 102. The molecule has 0 spiro atoms. The predicted octanol–water partition coefficient (Wildman–Crippen LogP) is 23.2. The Balaban J connectivity index is 0.000000131. The zero-order chi connectivity index (χ0) is 101. The number of hydrogen-bond donors (Lipinski definition) is 5. The van der Waals surface area contributed by atoms with E-state index in [0.29, 0.717) is 139 Å². The average molecular weight is 2080 g/mol. The Morgan fingerprint density at radius 3 is 0.825 bits per heavy atom. The molecule has 0 radical (unpaired) electrons. The Morgan fingerprint density at radius 2 is 0.580 bits per heavy atom. The van der Waals surface area contributed by atoms with Gasteiger partial charge in [0.2, 0.25) is 0 Å². The Labute approximate surface area is 867 Å². The molecule has 0 bridgehead atoms. The number of β-amino-alcohol motifs (C(OH)–C–C–N with tert-alkyl or cyclic N) is 1. The molecule has 143 heavy (non-hydrogen) atoms. The molecule has 4 aliphatic rings. The topological polar surface area (TPSA) is 314 Å². The van der Waals surface area contributed by atoms with E-state index >= 15 is 0 Å². The van der Waals surface area contributed by atoms with Crippen LogP contribution in [0.1, 0.15) is 149 Å². The number of hydrogen-bond acceptors (Lipinski definition) is 20. The third-order valence-electron chi connectivity index (χ3n) is 26.3. The number of fused-ring (bicyclic) bond motifs is 4. The monoisotopic (exact) mass is 2080 g/mol. The number of pyridine rings is 4. The van der Waals surface area contributed by atoms with Crippen LogP contribution in [0.4, 0.5) is 0 Å². The van der Waals surface area contributed by atoms with Gasteiger partial charge in [-0.1, -0.05) is 141 Å². The Bertz CT molecular complexity index is 6950. The van der Waals surface area contributed by atoms with Gasteiger partial charge < -0.3 is 53.5 Å². The number of piperidine rings is 1. The van der Waals surface area contributed by atoms with Crippen LogP contribution in [0.25, 0.3) is 88.6 Å². The van der Waals surface area contributed by atoms with E-state index in [9.17, 15) is 24.3 Å². The molecule has 12 heterocycles. The van der Waals surface area contributed by atoms with Gasteiger partial charge in [0.1, 0.15) is 70.2 Å². The minimum Gasteiger partial charge on any atom is -0.486 e. The minimum absolute atomic E-state index is 0.0645. The van der Waals surface area contributed by atoms with Crippen LogP contribution in [0.3, 0.4) is 0 Å². The first-order valence-electron chi connectivity index (χ1n) is 47.0. The number of aromatic amines is 4. The second-order valence-electron chi connectivity index (χ2n) is 36.2. The van der Waals surface area contributed by atoms with Gasteiger partial charge in [0, 0.05) is 229 Å². The zero-order valence-corrected chi connectivity index (χ0v) is 85.9. The molecule has 0 saturated carbocycles. The molecule has 0 aliphatic carbocycles. The van der Waals surface area contributed by atoms with Gasteiger partial charge >= 0.3 is 0 Å². The lowest BCUT2D eigenvalue weighted by molar-refractivity contribution is 0.0594. The Morgan fingerprint density at radius 1 is 0.336 bits per heavy atom. The van der Waals surface area contributed by atoms with E-state index in [4.69, 9.17) is 112 Å². The molecule has 20 rings (SSSR count). The SMILES string of the molecule is CC(Oc1ccc2[nH]nc(-c3ccc(C(=O)N4CCC(N(C)C)CC4)cc3)c2c1)c1c(Cl)cncc1Cl.CC(Oc1ccc2[nH]nc(-c3ccc(C(=O)N4CCC(O)C4)cc3)c2c1)c1c(Cl)cncc1Cl.CC(Oc1ccc2[nH]nc(-c3ccc(C(=O)N4CCN(C(C)C)CC4)cc3)c2c1)c1c(Cl)cncc1Cl.CC(Oc1ccc2[nH]nc(-c3ccc(C(=O)N4CCN(C)CC4)cc3)c2c1)c1c(Cl)cncc1Cl. The van der Waals surface area contributed by atoms with Crippen molar-refractivity contribution in [1.29, 1.82) is 0 Å². The molecule has 8 aromatic heterocycles. The number of aliphatic hydroxyl groups excluding tert-OH is 1. The van der Waals surface area contributed by atoms with Crippen molar-refractivity contribution in [3.8, 4) is 68.0 Å². The number of benzene rings is 8. The van der Waals surface area contributed by atoms with Crippen LogP contribution in [0.5, 0.6) is 23.0 Å². The maximum Gasteiger partial charge on any atom is 0.253 e. The fourth-order valence-corrected chi connectivity index (χ4v) is 20.9. The molecule has 5 N–H and O–H groups in total. The van der Waals surface area contributed by atoms with E-state index in [1.807, 2.05) is 200 Å². The number of ether oxygens (including phenoxy) is 4. The summed E-state index contributed by atoms with van der Waals surface area (Å²) in [6, 6.07) is 54.2. The molecule has 28 nitrogen and oxygen atoms in total. The summed E-state index contributed by atoms with van der Waals surface area (Å²) in [6.45, 7) is 21.1. The van der Waals surface area contributed by atoms with E-state index in [-0.39, 0.29) is 48.0 Å². The summed E-state index contributed by atoms with van der Waals surface area (Å²) in [5, 5.41) is 47.3. The number of nitrogens with one attached hydrogen (secondary N) is 4. The van der Waals surface area contributed by atoms with Crippen LogP contribution < -0.4 is 18.9 Å². The summed E-state index contributed by atoms with van der Waals surface area (Å²) in [6.07, 6.45) is 13.1. The van der Waals surface area contributed by atoms with Crippen molar-refractivity contribution in [2.75, 3.05) is 99.7 Å². The second-order valence-corrected chi connectivity index (χ2v) is 39.5. The maximum atomic E-state index is 13.0. The van der Waals surface area contributed by atoms with Gasteiger partial charge in [0.05, 0.1) is 68.4 Å². The largest absolute Gasteiger partial charge is 0.486 e. The van der Waals surface area contributed by atoms with Gasteiger partial charge in [0.15, 0.2) is 0 Å². The average Bonchev–Trinajstić information content (AvgIpc) is 1.68. The molecule has 4 saturated heterocycles. The van der Waals surface area contributed by atoms with E-state index in [0.717, 1.165) is 167 Å². The number of piperazine rings is 2. The van der Waals surface area contributed by atoms with Gasteiger partial charge in [-0.3, -0.25) is 64.4 Å². The van der Waals surface area contributed by atoms with Gasteiger partial charge in [0.25, 0.3) is 23.6 Å². The molecule has 36 heteroatoms. The fourth-order valence-electron chi connectivity index (χ4n) is 18.2. The third-order valence-corrected chi connectivity index (χ3v) is 28.7. The van der Waals surface area contributed by atoms with Gasteiger partial charge in [-0.05, 0) is 203 Å². The lowest BCUT2D eigenvalue weighted by Gasteiger charge is -2.37. The highest BCUT2D eigenvalue weighted by Crippen LogP contribution is 2.42. The maximum absolute atomic E-state index is 13.0. The number of aromatic nitrogens is 12. The first-order chi connectivity index (χ1) is 68.9. The fraction of sp³-hybridized carbons (Fsp3) is 0.290. The summed E-state index contributed by atoms with van der Waals surface area (Å²) in [7, 11) is 6.27. The molecule has 16 aromatic rings. The van der Waals surface area contributed by atoms with Crippen molar-refractivity contribution < 1.29 is 43.2 Å². The molecular formula is C107H105Cl8N19O9. The van der Waals surface area contributed by atoms with Crippen molar-refractivity contribution in [1.82, 2.24) is 95.0 Å². The number of nitrogens with zero attached hydrogens (tertiary/aromatic N) is 15. The summed E-state index contributed by atoms with van der Waals surface area (Å²) in [4.78, 5) is 82.0. The van der Waals surface area contributed by atoms with Crippen molar-refractivity contribution in [2.24, 2.45) is 0 Å². The highest BCUT2D eigenvalue weighted by molar-refractivity contribution is 6.37.